The molecule has 0 saturated carbocycles. The lowest BCUT2D eigenvalue weighted by Crippen LogP contribution is -2.50. The Kier molecular flexibility index (Phi) is 3.63. The van der Waals surface area contributed by atoms with Crippen LogP contribution in [-0.2, 0) is 11.2 Å². The largest absolute Gasteiger partial charge is 0.497 e. The van der Waals surface area contributed by atoms with Crippen molar-refractivity contribution in [2.75, 3.05) is 20.2 Å². The standard InChI is InChI=1S/C16H22N2O3/c1-21-12-6-5-11-3-2-4-14(13(11)9-12)18-8-7-16(17,10-18)15(19)20/h5-6,9,14H,2-4,7-8,10,17H2,1H3,(H,19,20). The van der Waals surface area contributed by atoms with Gasteiger partial charge in [0.05, 0.1) is 7.11 Å². The Balaban J connectivity index is 1.87. The van der Waals surface area contributed by atoms with E-state index in [-0.39, 0.29) is 6.04 Å². The van der Waals surface area contributed by atoms with Gasteiger partial charge in [0.25, 0.3) is 0 Å². The summed E-state index contributed by atoms with van der Waals surface area (Å²) >= 11 is 0. The molecule has 1 aliphatic carbocycles. The van der Waals surface area contributed by atoms with Crippen LogP contribution in [0, 0.1) is 0 Å². The third-order valence-corrected chi connectivity index (χ3v) is 4.83. The molecule has 1 heterocycles. The maximum Gasteiger partial charge on any atom is 0.325 e. The van der Waals surface area contributed by atoms with E-state index in [1.807, 2.05) is 6.07 Å². The number of methoxy groups -OCH3 is 1. The number of aliphatic carboxylic acids is 1. The highest BCUT2D eigenvalue weighted by molar-refractivity contribution is 5.79. The fourth-order valence-corrected chi connectivity index (χ4v) is 3.56. The molecule has 2 aliphatic rings. The number of hydrogen-bond acceptors (Lipinski definition) is 4. The number of carboxylic acids is 1. The molecule has 1 aromatic rings. The maximum atomic E-state index is 11.3. The number of benzene rings is 1. The van der Waals surface area contributed by atoms with Gasteiger partial charge in [-0.05, 0) is 48.9 Å². The molecule has 1 saturated heterocycles. The predicted molar refractivity (Wildman–Crippen MR) is 79.4 cm³/mol. The lowest BCUT2D eigenvalue weighted by atomic mass is 9.86. The fourth-order valence-electron chi connectivity index (χ4n) is 3.56. The third kappa shape index (κ3) is 2.51. The first-order valence-electron chi connectivity index (χ1n) is 7.47. The Morgan fingerprint density at radius 3 is 3.00 bits per heavy atom. The molecule has 1 aliphatic heterocycles. The quantitative estimate of drug-likeness (QED) is 0.883. The average molecular weight is 290 g/mol. The fraction of sp³-hybridized carbons (Fsp3) is 0.562. The van der Waals surface area contributed by atoms with Crippen LogP contribution in [0.15, 0.2) is 18.2 Å². The van der Waals surface area contributed by atoms with Crippen LogP contribution in [0.5, 0.6) is 5.75 Å². The van der Waals surface area contributed by atoms with E-state index in [4.69, 9.17) is 10.5 Å². The molecule has 0 bridgehead atoms. The Morgan fingerprint density at radius 2 is 2.33 bits per heavy atom. The first-order valence-corrected chi connectivity index (χ1v) is 7.47. The summed E-state index contributed by atoms with van der Waals surface area (Å²) in [6.45, 7) is 1.16. The summed E-state index contributed by atoms with van der Waals surface area (Å²) in [7, 11) is 1.67. The smallest absolute Gasteiger partial charge is 0.325 e. The summed E-state index contributed by atoms with van der Waals surface area (Å²) in [4.78, 5) is 13.6. The molecule has 0 spiro atoms. The topological polar surface area (TPSA) is 75.8 Å². The van der Waals surface area contributed by atoms with E-state index in [1.54, 1.807) is 7.11 Å². The lowest BCUT2D eigenvalue weighted by Gasteiger charge is -2.34. The van der Waals surface area contributed by atoms with E-state index in [2.05, 4.69) is 17.0 Å². The van der Waals surface area contributed by atoms with Crippen LogP contribution in [0.25, 0.3) is 0 Å². The zero-order chi connectivity index (χ0) is 15.0. The van der Waals surface area contributed by atoms with Crippen LogP contribution in [0.3, 0.4) is 0 Å². The van der Waals surface area contributed by atoms with Crippen LogP contribution in [0.1, 0.15) is 36.4 Å². The number of nitrogens with zero attached hydrogens (tertiary/aromatic N) is 1. The molecule has 5 heteroatoms. The molecule has 0 aromatic heterocycles. The van der Waals surface area contributed by atoms with E-state index in [9.17, 15) is 9.90 Å². The lowest BCUT2D eigenvalue weighted by molar-refractivity contribution is -0.142. The van der Waals surface area contributed by atoms with Crippen molar-refractivity contribution < 1.29 is 14.6 Å². The summed E-state index contributed by atoms with van der Waals surface area (Å²) in [6.07, 6.45) is 3.77. The van der Waals surface area contributed by atoms with Crippen LogP contribution in [0.2, 0.25) is 0 Å². The second-order valence-corrected chi connectivity index (χ2v) is 6.15. The van der Waals surface area contributed by atoms with Crippen molar-refractivity contribution in [3.8, 4) is 5.75 Å². The van der Waals surface area contributed by atoms with Crippen molar-refractivity contribution in [3.05, 3.63) is 29.3 Å². The number of likely N-dealkylation sites (tertiary alicyclic amines) is 1. The van der Waals surface area contributed by atoms with Gasteiger partial charge in [0.15, 0.2) is 0 Å². The zero-order valence-corrected chi connectivity index (χ0v) is 12.3. The molecule has 2 atom stereocenters. The number of fused-ring (bicyclic) bond motifs is 1. The molecular weight excluding hydrogens is 268 g/mol. The van der Waals surface area contributed by atoms with Crippen LogP contribution in [-0.4, -0.2) is 41.7 Å². The van der Waals surface area contributed by atoms with Crippen molar-refractivity contribution in [2.45, 2.75) is 37.3 Å². The van der Waals surface area contributed by atoms with Gasteiger partial charge in [-0.1, -0.05) is 6.07 Å². The van der Waals surface area contributed by atoms with Crippen molar-refractivity contribution in [1.82, 2.24) is 4.90 Å². The van der Waals surface area contributed by atoms with Gasteiger partial charge in [-0.25, -0.2) is 0 Å². The summed E-state index contributed by atoms with van der Waals surface area (Å²) in [5.74, 6) is -0.0382. The number of ether oxygens (including phenoxy) is 1. The number of aryl methyl sites for hydroxylation is 1. The molecule has 1 fully saturated rings. The highest BCUT2D eigenvalue weighted by Crippen LogP contribution is 2.39. The van der Waals surface area contributed by atoms with Crippen molar-refractivity contribution in [1.29, 1.82) is 0 Å². The van der Waals surface area contributed by atoms with Gasteiger partial charge in [-0.3, -0.25) is 9.69 Å². The second kappa shape index (κ2) is 5.31. The van der Waals surface area contributed by atoms with Crippen LogP contribution >= 0.6 is 0 Å². The monoisotopic (exact) mass is 290 g/mol. The van der Waals surface area contributed by atoms with Gasteiger partial charge in [0.1, 0.15) is 11.3 Å². The van der Waals surface area contributed by atoms with Gasteiger partial charge >= 0.3 is 5.97 Å². The Bertz CT molecular complexity index is 560. The van der Waals surface area contributed by atoms with E-state index >= 15 is 0 Å². The van der Waals surface area contributed by atoms with E-state index in [0.29, 0.717) is 13.0 Å². The first-order chi connectivity index (χ1) is 10.0. The van der Waals surface area contributed by atoms with Gasteiger partial charge < -0.3 is 15.6 Å². The third-order valence-electron chi connectivity index (χ3n) is 4.83. The average Bonchev–Trinajstić information content (AvgIpc) is 2.90. The Morgan fingerprint density at radius 1 is 1.52 bits per heavy atom. The van der Waals surface area contributed by atoms with E-state index < -0.39 is 11.5 Å². The molecule has 1 aromatic carbocycles. The highest BCUT2D eigenvalue weighted by Gasteiger charge is 2.44. The number of hydrogen-bond donors (Lipinski definition) is 2. The van der Waals surface area contributed by atoms with Gasteiger partial charge in [-0.2, -0.15) is 0 Å². The van der Waals surface area contributed by atoms with E-state index in [0.717, 1.165) is 31.6 Å². The zero-order valence-electron chi connectivity index (χ0n) is 12.3. The minimum Gasteiger partial charge on any atom is -0.497 e. The number of carbonyl (C=O) groups is 1. The van der Waals surface area contributed by atoms with E-state index in [1.165, 1.54) is 11.1 Å². The van der Waals surface area contributed by atoms with Crippen molar-refractivity contribution >= 4 is 5.97 Å². The first kappa shape index (κ1) is 14.4. The summed E-state index contributed by atoms with van der Waals surface area (Å²) < 4.78 is 5.33. The van der Waals surface area contributed by atoms with Crippen molar-refractivity contribution in [2.24, 2.45) is 5.73 Å². The summed E-state index contributed by atoms with van der Waals surface area (Å²) in [5, 5.41) is 9.29. The normalized spacial score (nSPS) is 29.1. The van der Waals surface area contributed by atoms with Crippen molar-refractivity contribution in [3.63, 3.8) is 0 Å². The van der Waals surface area contributed by atoms with Gasteiger partial charge in [0, 0.05) is 19.1 Å². The molecule has 3 rings (SSSR count). The summed E-state index contributed by atoms with van der Waals surface area (Å²) in [5.41, 5.74) is 7.53. The van der Waals surface area contributed by atoms with Crippen LogP contribution in [0.4, 0.5) is 0 Å². The number of carboxylic acid groups (broad SMARTS) is 1. The maximum absolute atomic E-state index is 11.3. The molecule has 0 amide bonds. The second-order valence-electron chi connectivity index (χ2n) is 6.15. The Hall–Kier alpha value is -1.59. The molecule has 3 N–H and O–H groups in total. The molecule has 21 heavy (non-hydrogen) atoms. The molecule has 0 radical (unpaired) electrons. The molecule has 5 nitrogen and oxygen atoms in total. The van der Waals surface area contributed by atoms with Crippen LogP contribution < -0.4 is 10.5 Å². The number of rotatable bonds is 3. The molecular formula is C16H22N2O3. The Labute approximate surface area is 124 Å². The molecule has 114 valence electrons. The summed E-state index contributed by atoms with van der Waals surface area (Å²) in [6, 6.07) is 6.48. The minimum absolute atomic E-state index is 0.258. The van der Waals surface area contributed by atoms with Gasteiger partial charge in [-0.15, -0.1) is 0 Å². The van der Waals surface area contributed by atoms with Gasteiger partial charge in [0.2, 0.25) is 0 Å². The number of nitrogens with two attached hydrogens (primary N) is 1. The minimum atomic E-state index is -1.10. The highest BCUT2D eigenvalue weighted by atomic mass is 16.5. The SMILES string of the molecule is COc1ccc2c(c1)C(N1CCC(N)(C(=O)O)C1)CCC2. The predicted octanol–water partition coefficient (Wildman–Crippen LogP) is 1.56. The molecule has 2 unspecified atom stereocenters.